The van der Waals surface area contributed by atoms with E-state index in [2.05, 4.69) is 9.43 Å². The zero-order valence-corrected chi connectivity index (χ0v) is 11.4. The van der Waals surface area contributed by atoms with Gasteiger partial charge in [-0.15, -0.1) is 0 Å². The summed E-state index contributed by atoms with van der Waals surface area (Å²) < 4.78 is 26.7. The van der Waals surface area contributed by atoms with E-state index in [1.807, 2.05) is 20.8 Å². The first-order valence-electron chi connectivity index (χ1n) is 5.12. The van der Waals surface area contributed by atoms with Gasteiger partial charge in [0.25, 0.3) is 10.0 Å². The Balaban J connectivity index is 3.85. The molecule has 0 atom stereocenters. The highest BCUT2D eigenvalue weighted by atomic mass is 32.2. The smallest absolute Gasteiger partial charge is 0.216 e. The fourth-order valence-corrected chi connectivity index (χ4v) is 3.20. The zero-order chi connectivity index (χ0) is 13.4. The Morgan fingerprint density at radius 1 is 0.882 bits per heavy atom. The van der Waals surface area contributed by atoms with Gasteiger partial charge in [0.15, 0.2) is 0 Å². The lowest BCUT2D eigenvalue weighted by molar-refractivity contribution is 0.596. The van der Waals surface area contributed by atoms with Gasteiger partial charge in [-0.25, -0.2) is 8.42 Å². The van der Waals surface area contributed by atoms with Crippen LogP contribution in [0.1, 0.15) is 27.8 Å². The van der Waals surface area contributed by atoms with E-state index >= 15 is 0 Å². The minimum atomic E-state index is -3.93. The molecule has 6 heteroatoms. The SMILES string of the molecule is Cc1c(C)c(C)c(S(=O)(=O)N=[N+]=[N-])c(C)c1C. The molecule has 0 spiro atoms. The second-order valence-electron chi connectivity index (χ2n) is 4.10. The second-order valence-corrected chi connectivity index (χ2v) is 5.62. The van der Waals surface area contributed by atoms with Gasteiger partial charge in [0.05, 0.1) is 4.90 Å². The van der Waals surface area contributed by atoms with Crippen molar-refractivity contribution in [1.82, 2.24) is 0 Å². The molecule has 0 aromatic heterocycles. The van der Waals surface area contributed by atoms with Crippen molar-refractivity contribution in [3.8, 4) is 0 Å². The predicted molar refractivity (Wildman–Crippen MR) is 66.5 cm³/mol. The maximum atomic E-state index is 11.9. The highest BCUT2D eigenvalue weighted by molar-refractivity contribution is 7.90. The van der Waals surface area contributed by atoms with Crippen LogP contribution in [0.2, 0.25) is 0 Å². The van der Waals surface area contributed by atoms with Gasteiger partial charge in [-0.2, -0.15) is 0 Å². The van der Waals surface area contributed by atoms with Crippen LogP contribution in [-0.2, 0) is 10.0 Å². The van der Waals surface area contributed by atoms with Crippen molar-refractivity contribution in [1.29, 1.82) is 0 Å². The molecular formula is C11H15N3O2S. The maximum absolute atomic E-state index is 11.9. The van der Waals surface area contributed by atoms with Gasteiger partial charge in [-0.3, -0.25) is 0 Å². The van der Waals surface area contributed by atoms with E-state index in [0.29, 0.717) is 11.1 Å². The van der Waals surface area contributed by atoms with E-state index < -0.39 is 10.0 Å². The number of hydrogen-bond acceptors (Lipinski definition) is 2. The van der Waals surface area contributed by atoms with Crippen LogP contribution in [0, 0.1) is 34.6 Å². The van der Waals surface area contributed by atoms with Gasteiger partial charge in [0.2, 0.25) is 0 Å². The molecule has 5 nitrogen and oxygen atoms in total. The van der Waals surface area contributed by atoms with Crippen LogP contribution in [0.25, 0.3) is 10.4 Å². The van der Waals surface area contributed by atoms with Crippen LogP contribution in [0.3, 0.4) is 0 Å². The van der Waals surface area contributed by atoms with Crippen molar-refractivity contribution < 1.29 is 8.42 Å². The van der Waals surface area contributed by atoms with Crippen molar-refractivity contribution >= 4 is 10.0 Å². The molecule has 0 aliphatic rings. The molecule has 0 aliphatic heterocycles. The van der Waals surface area contributed by atoms with Gasteiger partial charge in [0.1, 0.15) is 0 Å². The number of hydrogen-bond donors (Lipinski definition) is 0. The predicted octanol–water partition coefficient (Wildman–Crippen LogP) is 3.23. The third kappa shape index (κ3) is 2.14. The van der Waals surface area contributed by atoms with Gasteiger partial charge >= 0.3 is 0 Å². The molecule has 0 bridgehead atoms. The van der Waals surface area contributed by atoms with Gasteiger partial charge in [0, 0.05) is 9.43 Å². The Bertz CT molecular complexity index is 598. The summed E-state index contributed by atoms with van der Waals surface area (Å²) in [4.78, 5) is 2.52. The van der Waals surface area contributed by atoms with Crippen LogP contribution in [0.4, 0.5) is 0 Å². The molecule has 1 aromatic carbocycles. The average Bonchev–Trinajstić information content (AvgIpc) is 2.23. The molecule has 0 aliphatic carbocycles. The van der Waals surface area contributed by atoms with Gasteiger partial charge in [-0.05, 0) is 68.0 Å². The number of benzene rings is 1. The summed E-state index contributed by atoms with van der Waals surface area (Å²) in [5, 5.41) is 0. The molecule has 1 rings (SSSR count). The summed E-state index contributed by atoms with van der Waals surface area (Å²) in [7, 11) is -3.93. The topological polar surface area (TPSA) is 82.9 Å². The first-order valence-corrected chi connectivity index (χ1v) is 6.56. The summed E-state index contributed by atoms with van der Waals surface area (Å²) in [6.07, 6.45) is 0. The van der Waals surface area contributed by atoms with Crippen LogP contribution >= 0.6 is 0 Å². The molecule has 0 radical (unpaired) electrons. The second kappa shape index (κ2) is 4.39. The Morgan fingerprint density at radius 3 is 1.59 bits per heavy atom. The molecule has 92 valence electrons. The van der Waals surface area contributed by atoms with Crippen molar-refractivity contribution in [2.24, 2.45) is 4.52 Å². The third-order valence-corrected chi connectivity index (χ3v) is 4.75. The number of nitrogens with zero attached hydrogens (tertiary/aromatic N) is 3. The molecular weight excluding hydrogens is 238 g/mol. The van der Waals surface area contributed by atoms with Gasteiger partial charge in [-0.1, -0.05) is 0 Å². The molecule has 0 amide bonds. The van der Waals surface area contributed by atoms with Crippen molar-refractivity contribution in [2.75, 3.05) is 0 Å². The average molecular weight is 253 g/mol. The van der Waals surface area contributed by atoms with Crippen molar-refractivity contribution in [2.45, 2.75) is 39.5 Å². The van der Waals surface area contributed by atoms with Crippen LogP contribution in [0.5, 0.6) is 0 Å². The first kappa shape index (κ1) is 13.5. The summed E-state index contributed by atoms with van der Waals surface area (Å²) in [5.74, 6) is 0. The fourth-order valence-electron chi connectivity index (χ4n) is 1.94. The normalized spacial score (nSPS) is 11.1. The lowest BCUT2D eigenvalue weighted by Crippen LogP contribution is -2.07. The molecule has 0 N–H and O–H groups in total. The van der Waals surface area contributed by atoms with Gasteiger partial charge < -0.3 is 0 Å². The van der Waals surface area contributed by atoms with Crippen molar-refractivity contribution in [3.05, 3.63) is 38.3 Å². The monoisotopic (exact) mass is 253 g/mol. The maximum Gasteiger partial charge on any atom is 0.264 e. The van der Waals surface area contributed by atoms with E-state index in [1.165, 1.54) is 0 Å². The van der Waals surface area contributed by atoms with E-state index in [0.717, 1.165) is 16.7 Å². The van der Waals surface area contributed by atoms with Crippen LogP contribution in [0.15, 0.2) is 9.42 Å². The summed E-state index contributed by atoms with van der Waals surface area (Å²) >= 11 is 0. The highest BCUT2D eigenvalue weighted by Crippen LogP contribution is 2.30. The Labute approximate surface area is 101 Å². The van der Waals surface area contributed by atoms with Crippen molar-refractivity contribution in [3.63, 3.8) is 0 Å². The number of sulfonamides is 1. The first-order chi connectivity index (χ1) is 7.74. The molecule has 17 heavy (non-hydrogen) atoms. The summed E-state index contributed by atoms with van der Waals surface area (Å²) in [6, 6.07) is 0. The molecule has 0 saturated carbocycles. The minimum absolute atomic E-state index is 0.135. The van der Waals surface area contributed by atoms with Crippen LogP contribution in [-0.4, -0.2) is 8.42 Å². The third-order valence-electron chi connectivity index (χ3n) is 3.33. The molecule has 0 saturated heterocycles. The van der Waals surface area contributed by atoms with E-state index in [4.69, 9.17) is 5.53 Å². The zero-order valence-electron chi connectivity index (χ0n) is 10.6. The number of rotatable bonds is 2. The molecule has 0 unspecified atom stereocenters. The number of azide groups is 1. The largest absolute Gasteiger partial charge is 0.264 e. The highest BCUT2D eigenvalue weighted by Gasteiger charge is 2.22. The lowest BCUT2D eigenvalue weighted by atomic mass is 9.95. The molecule has 0 fully saturated rings. The fraction of sp³-hybridized carbons (Fsp3) is 0.455. The Kier molecular flexibility index (Phi) is 3.50. The Morgan fingerprint density at radius 2 is 1.24 bits per heavy atom. The van der Waals surface area contributed by atoms with E-state index in [-0.39, 0.29) is 4.90 Å². The standard InChI is InChI=1S/C11H15N3O2S/c1-6-7(2)9(4)11(10(5)8(6)3)17(15,16)14-13-12/h1-5H3. The Hall–Kier alpha value is -1.52. The lowest BCUT2D eigenvalue weighted by Gasteiger charge is -2.16. The van der Waals surface area contributed by atoms with E-state index in [1.54, 1.807) is 13.8 Å². The molecule has 1 aromatic rings. The van der Waals surface area contributed by atoms with Crippen LogP contribution < -0.4 is 0 Å². The summed E-state index contributed by atoms with van der Waals surface area (Å²) in [6.45, 7) is 9.15. The molecule has 0 heterocycles. The minimum Gasteiger partial charge on any atom is -0.216 e. The van der Waals surface area contributed by atoms with E-state index in [9.17, 15) is 8.42 Å². The quantitative estimate of drug-likeness (QED) is 0.460. The summed E-state index contributed by atoms with van der Waals surface area (Å²) in [5.41, 5.74) is 12.5.